The number of piperazine rings is 1. The highest BCUT2D eigenvalue weighted by Crippen LogP contribution is 2.07. The van der Waals surface area contributed by atoms with Gasteiger partial charge in [-0.1, -0.05) is 0 Å². The van der Waals surface area contributed by atoms with Crippen molar-refractivity contribution in [2.75, 3.05) is 33.8 Å². The predicted octanol–water partition coefficient (Wildman–Crippen LogP) is -0.157. The van der Waals surface area contributed by atoms with Gasteiger partial charge in [-0.2, -0.15) is 0 Å². The van der Waals surface area contributed by atoms with Crippen LogP contribution >= 0.6 is 0 Å². The zero-order valence-corrected chi connectivity index (χ0v) is 8.38. The van der Waals surface area contributed by atoms with Gasteiger partial charge in [0.1, 0.15) is 0 Å². The van der Waals surface area contributed by atoms with E-state index in [2.05, 4.69) is 22.0 Å². The molecule has 1 atom stereocenters. The fourth-order valence-electron chi connectivity index (χ4n) is 1.57. The minimum absolute atomic E-state index is 0.112. The van der Waals surface area contributed by atoms with Gasteiger partial charge in [-0.25, -0.2) is 0 Å². The molecule has 1 fully saturated rings. The zero-order chi connectivity index (χ0) is 9.68. The lowest BCUT2D eigenvalue weighted by atomic mass is 10.1. The number of esters is 1. The van der Waals surface area contributed by atoms with Crippen LogP contribution in [0.15, 0.2) is 0 Å². The van der Waals surface area contributed by atoms with Crippen LogP contribution in [-0.4, -0.2) is 50.7 Å². The number of methoxy groups -OCH3 is 1. The van der Waals surface area contributed by atoms with Crippen molar-refractivity contribution < 1.29 is 9.53 Å². The van der Waals surface area contributed by atoms with Gasteiger partial charge >= 0.3 is 5.97 Å². The van der Waals surface area contributed by atoms with Gasteiger partial charge in [0.05, 0.1) is 7.11 Å². The second-order valence-electron chi connectivity index (χ2n) is 3.45. The normalized spacial score (nSPS) is 24.3. The molecule has 4 heteroatoms. The van der Waals surface area contributed by atoms with E-state index >= 15 is 0 Å². The van der Waals surface area contributed by atoms with Crippen LogP contribution in [0.4, 0.5) is 0 Å². The molecule has 4 nitrogen and oxygen atoms in total. The van der Waals surface area contributed by atoms with Crippen molar-refractivity contribution >= 4 is 5.97 Å². The van der Waals surface area contributed by atoms with Crippen LogP contribution in [0.2, 0.25) is 0 Å². The van der Waals surface area contributed by atoms with E-state index in [-0.39, 0.29) is 5.97 Å². The summed E-state index contributed by atoms with van der Waals surface area (Å²) < 4.78 is 4.60. The van der Waals surface area contributed by atoms with E-state index in [1.54, 1.807) is 0 Å². The third-order valence-electron chi connectivity index (χ3n) is 2.55. The zero-order valence-electron chi connectivity index (χ0n) is 8.38. The van der Waals surface area contributed by atoms with Gasteiger partial charge in [-0.3, -0.25) is 4.79 Å². The lowest BCUT2D eigenvalue weighted by Gasteiger charge is -2.32. The Balaban J connectivity index is 2.22. The lowest BCUT2D eigenvalue weighted by Crippen LogP contribution is -2.49. The van der Waals surface area contributed by atoms with Gasteiger partial charge < -0.3 is 15.0 Å². The molecule has 0 saturated carbocycles. The predicted molar refractivity (Wildman–Crippen MR) is 50.5 cm³/mol. The smallest absolute Gasteiger partial charge is 0.305 e. The van der Waals surface area contributed by atoms with Gasteiger partial charge in [0.25, 0.3) is 0 Å². The van der Waals surface area contributed by atoms with Crippen molar-refractivity contribution in [1.29, 1.82) is 0 Å². The van der Waals surface area contributed by atoms with Crippen LogP contribution in [0.5, 0.6) is 0 Å². The standard InChI is InChI=1S/C9H18N2O2/c1-11-6-5-10-7-8(11)3-4-9(12)13-2/h8,10H,3-7H2,1-2H3. The number of nitrogens with one attached hydrogen (secondary N) is 1. The van der Waals surface area contributed by atoms with Crippen molar-refractivity contribution in [2.45, 2.75) is 18.9 Å². The Hall–Kier alpha value is -0.610. The Bertz CT molecular complexity index is 173. The SMILES string of the molecule is COC(=O)CCC1CNCCN1C. The van der Waals surface area contributed by atoms with Gasteiger partial charge in [-0.05, 0) is 13.5 Å². The number of ether oxygens (including phenoxy) is 1. The molecule has 0 aromatic heterocycles. The van der Waals surface area contributed by atoms with Crippen molar-refractivity contribution in [2.24, 2.45) is 0 Å². The molecule has 1 rings (SSSR count). The average Bonchev–Trinajstić information content (AvgIpc) is 2.16. The number of hydrogen-bond acceptors (Lipinski definition) is 4. The van der Waals surface area contributed by atoms with E-state index in [1.807, 2.05) is 0 Å². The summed E-state index contributed by atoms with van der Waals surface area (Å²) in [4.78, 5) is 13.2. The number of carbonyl (C=O) groups is 1. The molecule has 0 aromatic rings. The van der Waals surface area contributed by atoms with Crippen LogP contribution in [0.25, 0.3) is 0 Å². The van der Waals surface area contributed by atoms with Crippen LogP contribution in [0, 0.1) is 0 Å². The molecular weight excluding hydrogens is 168 g/mol. The maximum atomic E-state index is 10.9. The molecule has 0 aromatic carbocycles. The van der Waals surface area contributed by atoms with Crippen LogP contribution in [-0.2, 0) is 9.53 Å². The molecule has 1 saturated heterocycles. The molecular formula is C9H18N2O2. The molecule has 1 unspecified atom stereocenters. The second-order valence-corrected chi connectivity index (χ2v) is 3.45. The summed E-state index contributed by atoms with van der Waals surface area (Å²) in [6.45, 7) is 3.09. The summed E-state index contributed by atoms with van der Waals surface area (Å²) in [6, 6.07) is 0.479. The summed E-state index contributed by atoms with van der Waals surface area (Å²) in [5, 5.41) is 3.31. The lowest BCUT2D eigenvalue weighted by molar-refractivity contribution is -0.141. The molecule has 0 bridgehead atoms. The summed E-state index contributed by atoms with van der Waals surface area (Å²) in [7, 11) is 3.54. The maximum Gasteiger partial charge on any atom is 0.305 e. The van der Waals surface area contributed by atoms with Gasteiger partial charge in [0.15, 0.2) is 0 Å². The minimum atomic E-state index is -0.112. The molecule has 0 radical (unpaired) electrons. The molecule has 1 heterocycles. The molecule has 76 valence electrons. The first kappa shape index (κ1) is 10.5. The van der Waals surface area contributed by atoms with Crippen molar-refractivity contribution in [3.05, 3.63) is 0 Å². The Kier molecular flexibility index (Phi) is 4.18. The largest absolute Gasteiger partial charge is 0.469 e. The van der Waals surface area contributed by atoms with E-state index in [4.69, 9.17) is 0 Å². The molecule has 0 aliphatic carbocycles. The summed E-state index contributed by atoms with van der Waals surface area (Å²) >= 11 is 0. The highest BCUT2D eigenvalue weighted by Gasteiger charge is 2.19. The van der Waals surface area contributed by atoms with Crippen molar-refractivity contribution in [1.82, 2.24) is 10.2 Å². The number of hydrogen-bond donors (Lipinski definition) is 1. The number of nitrogens with zero attached hydrogens (tertiary/aromatic N) is 1. The van der Waals surface area contributed by atoms with Crippen LogP contribution in [0.3, 0.4) is 0 Å². The van der Waals surface area contributed by atoms with Gasteiger partial charge in [-0.15, -0.1) is 0 Å². The Morgan fingerprint density at radius 1 is 1.69 bits per heavy atom. The fourth-order valence-corrected chi connectivity index (χ4v) is 1.57. The Morgan fingerprint density at radius 3 is 3.08 bits per heavy atom. The summed E-state index contributed by atoms with van der Waals surface area (Å²) in [5.74, 6) is -0.112. The number of rotatable bonds is 3. The fraction of sp³-hybridized carbons (Fsp3) is 0.889. The summed E-state index contributed by atoms with van der Waals surface area (Å²) in [6.07, 6.45) is 1.41. The average molecular weight is 186 g/mol. The van der Waals surface area contributed by atoms with Gasteiger partial charge in [0, 0.05) is 32.1 Å². The second kappa shape index (κ2) is 5.19. The number of likely N-dealkylation sites (N-methyl/N-ethyl adjacent to an activating group) is 1. The molecule has 0 spiro atoms. The van der Waals surface area contributed by atoms with Gasteiger partial charge in [0.2, 0.25) is 0 Å². The topological polar surface area (TPSA) is 41.6 Å². The maximum absolute atomic E-state index is 10.9. The van der Waals surface area contributed by atoms with Crippen molar-refractivity contribution in [3.8, 4) is 0 Å². The third-order valence-corrected chi connectivity index (χ3v) is 2.55. The van der Waals surface area contributed by atoms with E-state index < -0.39 is 0 Å². The number of carbonyl (C=O) groups excluding carboxylic acids is 1. The highest BCUT2D eigenvalue weighted by molar-refractivity contribution is 5.69. The first-order valence-electron chi connectivity index (χ1n) is 4.72. The highest BCUT2D eigenvalue weighted by atomic mass is 16.5. The molecule has 1 N–H and O–H groups in total. The van der Waals surface area contributed by atoms with E-state index in [1.165, 1.54) is 7.11 Å². The minimum Gasteiger partial charge on any atom is -0.469 e. The van der Waals surface area contributed by atoms with E-state index in [9.17, 15) is 4.79 Å². The monoisotopic (exact) mass is 186 g/mol. The van der Waals surface area contributed by atoms with Crippen LogP contribution in [0.1, 0.15) is 12.8 Å². The Morgan fingerprint density at radius 2 is 2.46 bits per heavy atom. The molecule has 1 aliphatic heterocycles. The Labute approximate surface area is 79.2 Å². The molecule has 13 heavy (non-hydrogen) atoms. The quantitative estimate of drug-likeness (QED) is 0.622. The first-order chi connectivity index (χ1) is 6.24. The van der Waals surface area contributed by atoms with Crippen molar-refractivity contribution in [3.63, 3.8) is 0 Å². The third kappa shape index (κ3) is 3.32. The molecule has 1 aliphatic rings. The van der Waals surface area contributed by atoms with E-state index in [0.29, 0.717) is 12.5 Å². The van der Waals surface area contributed by atoms with Crippen LogP contribution < -0.4 is 5.32 Å². The molecule has 0 amide bonds. The first-order valence-corrected chi connectivity index (χ1v) is 4.72. The summed E-state index contributed by atoms with van der Waals surface area (Å²) in [5.41, 5.74) is 0. The van der Waals surface area contributed by atoms with E-state index in [0.717, 1.165) is 26.1 Å².